The van der Waals surface area contributed by atoms with Crippen LogP contribution in [0.2, 0.25) is 0 Å². The molecule has 1 aliphatic heterocycles. The Bertz CT molecular complexity index is 297. The average molecular weight is 242 g/mol. The molecule has 1 unspecified atom stereocenters. The van der Waals surface area contributed by atoms with Gasteiger partial charge in [0.05, 0.1) is 6.04 Å². The molecule has 1 rings (SSSR count). The molecule has 0 bridgehead atoms. The molecule has 0 aliphatic carbocycles. The predicted molar refractivity (Wildman–Crippen MR) is 64.7 cm³/mol. The standard InChI is InChI=1S/C12H22N2O3/c1-12(2,3)14-8-4-7-13-11(17)9(14)5-6-10(15)16/h9H,4-8H2,1-3H3,(H,13,17)(H,15,16). The van der Waals surface area contributed by atoms with E-state index in [1.165, 1.54) is 0 Å². The molecule has 0 saturated carbocycles. The monoisotopic (exact) mass is 242 g/mol. The van der Waals surface area contributed by atoms with E-state index in [9.17, 15) is 9.59 Å². The number of carboxylic acid groups (broad SMARTS) is 1. The van der Waals surface area contributed by atoms with Crippen LogP contribution in [-0.2, 0) is 9.59 Å². The molecule has 1 fully saturated rings. The molecule has 0 aromatic rings. The molecule has 0 aromatic carbocycles. The fourth-order valence-electron chi connectivity index (χ4n) is 2.23. The van der Waals surface area contributed by atoms with Gasteiger partial charge in [0.2, 0.25) is 5.91 Å². The van der Waals surface area contributed by atoms with Crippen LogP contribution in [0.15, 0.2) is 0 Å². The van der Waals surface area contributed by atoms with Crippen molar-refractivity contribution in [2.24, 2.45) is 0 Å². The lowest BCUT2D eigenvalue weighted by Gasteiger charge is -2.39. The highest BCUT2D eigenvalue weighted by Crippen LogP contribution is 2.22. The summed E-state index contributed by atoms with van der Waals surface area (Å²) in [5.74, 6) is -0.894. The summed E-state index contributed by atoms with van der Waals surface area (Å²) in [5, 5.41) is 11.6. The van der Waals surface area contributed by atoms with Crippen LogP contribution in [0.25, 0.3) is 0 Å². The first kappa shape index (κ1) is 14.0. The Morgan fingerprint density at radius 3 is 2.71 bits per heavy atom. The van der Waals surface area contributed by atoms with Gasteiger partial charge in [-0.25, -0.2) is 0 Å². The molecule has 1 atom stereocenters. The molecule has 5 heteroatoms. The van der Waals surface area contributed by atoms with Crippen LogP contribution in [0.4, 0.5) is 0 Å². The van der Waals surface area contributed by atoms with Gasteiger partial charge in [0, 0.05) is 25.0 Å². The van der Waals surface area contributed by atoms with Gasteiger partial charge in [0.15, 0.2) is 0 Å². The maximum atomic E-state index is 11.9. The third-order valence-corrected chi connectivity index (χ3v) is 3.05. The number of hydrogen-bond acceptors (Lipinski definition) is 3. The van der Waals surface area contributed by atoms with Gasteiger partial charge in [-0.3, -0.25) is 14.5 Å². The maximum absolute atomic E-state index is 11.9. The Morgan fingerprint density at radius 2 is 2.18 bits per heavy atom. The topological polar surface area (TPSA) is 69.6 Å². The largest absolute Gasteiger partial charge is 0.481 e. The lowest BCUT2D eigenvalue weighted by molar-refractivity contribution is -0.138. The molecule has 2 N–H and O–H groups in total. The molecule has 1 amide bonds. The molecule has 17 heavy (non-hydrogen) atoms. The highest BCUT2D eigenvalue weighted by molar-refractivity contribution is 5.82. The van der Waals surface area contributed by atoms with E-state index in [0.717, 1.165) is 13.0 Å². The molecule has 5 nitrogen and oxygen atoms in total. The third kappa shape index (κ3) is 4.00. The van der Waals surface area contributed by atoms with E-state index in [1.807, 2.05) is 0 Å². The molecule has 0 aromatic heterocycles. The second-order valence-electron chi connectivity index (χ2n) is 5.46. The Morgan fingerprint density at radius 1 is 1.53 bits per heavy atom. The highest BCUT2D eigenvalue weighted by Gasteiger charge is 2.34. The summed E-state index contributed by atoms with van der Waals surface area (Å²) >= 11 is 0. The second-order valence-corrected chi connectivity index (χ2v) is 5.46. The Labute approximate surface area is 102 Å². The molecule has 1 saturated heterocycles. The lowest BCUT2D eigenvalue weighted by atomic mass is 9.99. The van der Waals surface area contributed by atoms with E-state index < -0.39 is 5.97 Å². The van der Waals surface area contributed by atoms with Gasteiger partial charge in [-0.15, -0.1) is 0 Å². The average Bonchev–Trinajstić information content (AvgIpc) is 2.36. The van der Waals surface area contributed by atoms with Crippen LogP contribution < -0.4 is 5.32 Å². The fraction of sp³-hybridized carbons (Fsp3) is 0.833. The molecule has 98 valence electrons. The summed E-state index contributed by atoms with van der Waals surface area (Å²) in [6.45, 7) is 7.67. The van der Waals surface area contributed by atoms with Crippen molar-refractivity contribution in [3.8, 4) is 0 Å². The molecule has 1 heterocycles. The second kappa shape index (κ2) is 5.49. The van der Waals surface area contributed by atoms with E-state index in [-0.39, 0.29) is 23.9 Å². The first-order chi connectivity index (χ1) is 7.82. The number of nitrogens with one attached hydrogen (secondary N) is 1. The Hall–Kier alpha value is -1.10. The summed E-state index contributed by atoms with van der Waals surface area (Å²) in [6, 6.07) is -0.325. The summed E-state index contributed by atoms with van der Waals surface area (Å²) in [7, 11) is 0. The molecular formula is C12H22N2O3. The van der Waals surface area contributed by atoms with Crippen LogP contribution in [0, 0.1) is 0 Å². The van der Waals surface area contributed by atoms with Crippen molar-refractivity contribution in [2.45, 2.75) is 51.6 Å². The zero-order valence-electron chi connectivity index (χ0n) is 10.8. The maximum Gasteiger partial charge on any atom is 0.303 e. The third-order valence-electron chi connectivity index (χ3n) is 3.05. The van der Waals surface area contributed by atoms with Gasteiger partial charge >= 0.3 is 5.97 Å². The van der Waals surface area contributed by atoms with E-state index in [0.29, 0.717) is 13.0 Å². The number of amides is 1. The van der Waals surface area contributed by atoms with Gasteiger partial charge in [0.25, 0.3) is 0 Å². The minimum atomic E-state index is -0.851. The number of carbonyl (C=O) groups is 2. The minimum absolute atomic E-state index is 0.0324. The number of hydrogen-bond donors (Lipinski definition) is 2. The van der Waals surface area contributed by atoms with Crippen molar-refractivity contribution in [3.05, 3.63) is 0 Å². The number of aliphatic carboxylic acids is 1. The lowest BCUT2D eigenvalue weighted by Crippen LogP contribution is -2.52. The van der Waals surface area contributed by atoms with E-state index in [2.05, 4.69) is 31.0 Å². The van der Waals surface area contributed by atoms with Crippen LogP contribution in [0.1, 0.15) is 40.0 Å². The highest BCUT2D eigenvalue weighted by atomic mass is 16.4. The molecular weight excluding hydrogens is 220 g/mol. The zero-order chi connectivity index (χ0) is 13.1. The van der Waals surface area contributed by atoms with Crippen molar-refractivity contribution in [1.29, 1.82) is 0 Å². The van der Waals surface area contributed by atoms with E-state index in [1.54, 1.807) is 0 Å². The first-order valence-electron chi connectivity index (χ1n) is 6.08. The zero-order valence-corrected chi connectivity index (χ0v) is 10.8. The van der Waals surface area contributed by atoms with Crippen LogP contribution in [0.5, 0.6) is 0 Å². The van der Waals surface area contributed by atoms with Crippen molar-refractivity contribution in [2.75, 3.05) is 13.1 Å². The first-order valence-corrected chi connectivity index (χ1v) is 6.08. The number of nitrogens with zero attached hydrogens (tertiary/aromatic N) is 1. The molecule has 0 radical (unpaired) electrons. The SMILES string of the molecule is CC(C)(C)N1CCCNC(=O)C1CCC(=O)O. The van der Waals surface area contributed by atoms with Crippen LogP contribution in [-0.4, -0.2) is 46.6 Å². The summed E-state index contributed by atoms with van der Waals surface area (Å²) in [6.07, 6.45) is 1.32. The van der Waals surface area contributed by atoms with E-state index in [4.69, 9.17) is 5.11 Å². The number of carbonyl (C=O) groups excluding carboxylic acids is 1. The normalized spacial score (nSPS) is 23.0. The number of carboxylic acids is 1. The van der Waals surface area contributed by atoms with Gasteiger partial charge < -0.3 is 10.4 Å². The molecule has 1 aliphatic rings. The van der Waals surface area contributed by atoms with Gasteiger partial charge in [-0.05, 0) is 33.6 Å². The fourth-order valence-corrected chi connectivity index (χ4v) is 2.23. The predicted octanol–water partition coefficient (Wildman–Crippen LogP) is 0.840. The summed E-state index contributed by atoms with van der Waals surface area (Å²) in [5.41, 5.74) is -0.120. The van der Waals surface area contributed by atoms with Crippen molar-refractivity contribution in [3.63, 3.8) is 0 Å². The summed E-state index contributed by atoms with van der Waals surface area (Å²) < 4.78 is 0. The van der Waals surface area contributed by atoms with Crippen molar-refractivity contribution < 1.29 is 14.7 Å². The van der Waals surface area contributed by atoms with Gasteiger partial charge in [-0.1, -0.05) is 0 Å². The summed E-state index contributed by atoms with van der Waals surface area (Å²) in [4.78, 5) is 24.7. The van der Waals surface area contributed by atoms with Crippen LogP contribution in [0.3, 0.4) is 0 Å². The van der Waals surface area contributed by atoms with Crippen LogP contribution >= 0.6 is 0 Å². The van der Waals surface area contributed by atoms with Gasteiger partial charge in [-0.2, -0.15) is 0 Å². The van der Waals surface area contributed by atoms with E-state index >= 15 is 0 Å². The minimum Gasteiger partial charge on any atom is -0.481 e. The Balaban J connectivity index is 2.80. The number of rotatable bonds is 3. The molecule has 0 spiro atoms. The van der Waals surface area contributed by atoms with Crippen molar-refractivity contribution in [1.82, 2.24) is 10.2 Å². The van der Waals surface area contributed by atoms with Gasteiger partial charge in [0.1, 0.15) is 0 Å². The van der Waals surface area contributed by atoms with Crippen molar-refractivity contribution >= 4 is 11.9 Å². The quantitative estimate of drug-likeness (QED) is 0.769. The smallest absolute Gasteiger partial charge is 0.303 e. The Kier molecular flexibility index (Phi) is 4.51.